The zero-order chi connectivity index (χ0) is 20.2. The number of hydrogen-bond donors (Lipinski definition) is 1. The van der Waals surface area contributed by atoms with E-state index in [1.165, 1.54) is 0 Å². The minimum Gasteiger partial charge on any atom is -0.352 e. The summed E-state index contributed by atoms with van der Waals surface area (Å²) >= 11 is 0. The first-order valence-corrected chi connectivity index (χ1v) is 9.88. The Morgan fingerprint density at radius 3 is 2.31 bits per heavy atom. The third kappa shape index (κ3) is 4.23. The Kier molecular flexibility index (Phi) is 5.46. The molecule has 3 aromatic rings. The number of rotatable bonds is 5. The Hall–Kier alpha value is -3.35. The molecule has 0 atom stereocenters. The lowest BCUT2D eigenvalue weighted by Gasteiger charge is -2.34. The normalized spacial score (nSPS) is 14.2. The molecule has 0 bridgehead atoms. The van der Waals surface area contributed by atoms with Gasteiger partial charge in [0, 0.05) is 39.6 Å². The van der Waals surface area contributed by atoms with Crippen LogP contribution in [0.5, 0.6) is 0 Å². The number of carbonyl (C=O) groups is 2. The quantitative estimate of drug-likeness (QED) is 0.725. The first-order chi connectivity index (χ1) is 14.1. The number of nitrogens with zero attached hydrogens (tertiary/aromatic N) is 4. The number of fused-ring (bicyclic) bond motifs is 1. The summed E-state index contributed by atoms with van der Waals surface area (Å²) in [5.41, 5.74) is 2.94. The minimum absolute atomic E-state index is 0.0408. The van der Waals surface area contributed by atoms with E-state index in [-0.39, 0.29) is 18.4 Å². The Bertz CT molecular complexity index is 1010. The summed E-state index contributed by atoms with van der Waals surface area (Å²) in [5.74, 6) is 0.787. The van der Waals surface area contributed by atoms with Gasteiger partial charge in [-0.3, -0.25) is 9.59 Å². The zero-order valence-corrected chi connectivity index (χ0v) is 16.5. The molecule has 150 valence electrons. The van der Waals surface area contributed by atoms with Crippen molar-refractivity contribution < 1.29 is 9.59 Å². The fourth-order valence-corrected chi connectivity index (χ4v) is 3.65. The lowest BCUT2D eigenvalue weighted by atomic mass is 10.2. The molecule has 29 heavy (non-hydrogen) atoms. The van der Waals surface area contributed by atoms with Crippen LogP contribution in [0.2, 0.25) is 0 Å². The SMILES string of the molecule is CC(=O)N1CCN(C(=O)Cn2c(NCc3ccccc3)nc3ccccc32)CC1. The molecule has 0 radical (unpaired) electrons. The number of imidazole rings is 1. The smallest absolute Gasteiger partial charge is 0.242 e. The largest absolute Gasteiger partial charge is 0.352 e. The summed E-state index contributed by atoms with van der Waals surface area (Å²) < 4.78 is 1.94. The van der Waals surface area contributed by atoms with Crippen LogP contribution >= 0.6 is 0 Å². The summed E-state index contributed by atoms with van der Waals surface area (Å²) in [6.45, 7) is 4.73. The van der Waals surface area contributed by atoms with E-state index in [0.717, 1.165) is 16.6 Å². The zero-order valence-electron chi connectivity index (χ0n) is 16.5. The van der Waals surface area contributed by atoms with E-state index in [1.54, 1.807) is 11.8 Å². The molecule has 7 heteroatoms. The highest BCUT2D eigenvalue weighted by Gasteiger charge is 2.23. The van der Waals surface area contributed by atoms with Crippen molar-refractivity contribution in [2.75, 3.05) is 31.5 Å². The van der Waals surface area contributed by atoms with Crippen molar-refractivity contribution >= 4 is 28.8 Å². The fourth-order valence-electron chi connectivity index (χ4n) is 3.65. The average molecular weight is 391 g/mol. The van der Waals surface area contributed by atoms with Gasteiger partial charge in [-0.05, 0) is 17.7 Å². The Balaban J connectivity index is 1.51. The molecule has 0 spiro atoms. The monoisotopic (exact) mass is 391 g/mol. The molecular formula is C22H25N5O2. The van der Waals surface area contributed by atoms with Crippen LogP contribution < -0.4 is 5.32 Å². The van der Waals surface area contributed by atoms with Gasteiger partial charge in [0.05, 0.1) is 11.0 Å². The van der Waals surface area contributed by atoms with E-state index < -0.39 is 0 Å². The number of aromatic nitrogens is 2. The predicted molar refractivity (Wildman–Crippen MR) is 112 cm³/mol. The molecule has 1 aliphatic heterocycles. The van der Waals surface area contributed by atoms with Gasteiger partial charge >= 0.3 is 0 Å². The lowest BCUT2D eigenvalue weighted by Crippen LogP contribution is -2.50. The second kappa shape index (κ2) is 8.34. The van der Waals surface area contributed by atoms with Crippen LogP contribution in [0.4, 0.5) is 5.95 Å². The highest BCUT2D eigenvalue weighted by molar-refractivity contribution is 5.83. The van der Waals surface area contributed by atoms with E-state index in [1.807, 2.05) is 51.9 Å². The average Bonchev–Trinajstić information content (AvgIpc) is 3.10. The topological polar surface area (TPSA) is 70.5 Å². The van der Waals surface area contributed by atoms with Crippen LogP contribution in [0.3, 0.4) is 0 Å². The van der Waals surface area contributed by atoms with Gasteiger partial charge in [0.2, 0.25) is 17.8 Å². The molecule has 0 saturated carbocycles. The number of hydrogen-bond acceptors (Lipinski definition) is 4. The highest BCUT2D eigenvalue weighted by Crippen LogP contribution is 2.21. The van der Waals surface area contributed by atoms with Gasteiger partial charge in [-0.2, -0.15) is 0 Å². The number of anilines is 1. The van der Waals surface area contributed by atoms with Crippen molar-refractivity contribution in [1.82, 2.24) is 19.4 Å². The predicted octanol–water partition coefficient (Wildman–Crippen LogP) is 2.34. The molecule has 7 nitrogen and oxygen atoms in total. The molecule has 1 saturated heterocycles. The van der Waals surface area contributed by atoms with E-state index in [2.05, 4.69) is 22.4 Å². The van der Waals surface area contributed by atoms with Crippen molar-refractivity contribution in [3.8, 4) is 0 Å². The number of piperazine rings is 1. The number of benzene rings is 2. The third-order valence-corrected chi connectivity index (χ3v) is 5.32. The number of para-hydroxylation sites is 2. The van der Waals surface area contributed by atoms with Crippen LogP contribution in [0, 0.1) is 0 Å². The van der Waals surface area contributed by atoms with Gasteiger partial charge in [0.15, 0.2) is 0 Å². The van der Waals surface area contributed by atoms with Crippen LogP contribution in [-0.4, -0.2) is 57.3 Å². The minimum atomic E-state index is 0.0408. The van der Waals surface area contributed by atoms with Crippen molar-refractivity contribution in [2.24, 2.45) is 0 Å². The van der Waals surface area contributed by atoms with Gasteiger partial charge in [-0.25, -0.2) is 4.98 Å². The van der Waals surface area contributed by atoms with Gasteiger partial charge in [-0.1, -0.05) is 42.5 Å². The second-order valence-electron chi connectivity index (χ2n) is 7.24. The lowest BCUT2D eigenvalue weighted by molar-refractivity contribution is -0.138. The number of amides is 2. The van der Waals surface area contributed by atoms with Crippen LogP contribution in [0.15, 0.2) is 54.6 Å². The summed E-state index contributed by atoms with van der Waals surface area (Å²) in [7, 11) is 0. The fraction of sp³-hybridized carbons (Fsp3) is 0.318. The van der Waals surface area contributed by atoms with Crippen LogP contribution in [0.1, 0.15) is 12.5 Å². The highest BCUT2D eigenvalue weighted by atomic mass is 16.2. The first-order valence-electron chi connectivity index (χ1n) is 9.88. The van der Waals surface area contributed by atoms with Gasteiger partial charge in [-0.15, -0.1) is 0 Å². The van der Waals surface area contributed by atoms with Crippen molar-refractivity contribution in [2.45, 2.75) is 20.0 Å². The van der Waals surface area contributed by atoms with E-state index in [4.69, 9.17) is 0 Å². The van der Waals surface area contributed by atoms with Crippen LogP contribution in [0.25, 0.3) is 11.0 Å². The van der Waals surface area contributed by atoms with Crippen molar-refractivity contribution in [3.63, 3.8) is 0 Å². The van der Waals surface area contributed by atoms with E-state index >= 15 is 0 Å². The first kappa shape index (κ1) is 19.0. The molecule has 1 aliphatic rings. The summed E-state index contributed by atoms with van der Waals surface area (Å²) in [4.78, 5) is 32.8. The number of nitrogens with one attached hydrogen (secondary N) is 1. The molecule has 1 fully saturated rings. The van der Waals surface area contributed by atoms with Crippen molar-refractivity contribution in [1.29, 1.82) is 0 Å². The molecule has 2 amide bonds. The molecule has 1 N–H and O–H groups in total. The van der Waals surface area contributed by atoms with Gasteiger partial charge in [0.1, 0.15) is 6.54 Å². The summed E-state index contributed by atoms with van der Waals surface area (Å²) in [6, 6.07) is 17.9. The summed E-state index contributed by atoms with van der Waals surface area (Å²) in [5, 5.41) is 3.38. The van der Waals surface area contributed by atoms with E-state index in [9.17, 15) is 9.59 Å². The second-order valence-corrected chi connectivity index (χ2v) is 7.24. The molecule has 0 aliphatic carbocycles. The maximum Gasteiger partial charge on any atom is 0.242 e. The maximum absolute atomic E-state index is 13.0. The molecule has 4 rings (SSSR count). The Morgan fingerprint density at radius 2 is 1.59 bits per heavy atom. The summed E-state index contributed by atoms with van der Waals surface area (Å²) in [6.07, 6.45) is 0. The number of carbonyl (C=O) groups excluding carboxylic acids is 2. The molecule has 0 unspecified atom stereocenters. The standard InChI is InChI=1S/C22H25N5O2/c1-17(28)25-11-13-26(14-12-25)21(29)16-27-20-10-6-5-9-19(20)24-22(27)23-15-18-7-3-2-4-8-18/h2-10H,11-16H2,1H3,(H,23,24). The molecule has 2 heterocycles. The van der Waals surface area contributed by atoms with Crippen LogP contribution in [-0.2, 0) is 22.7 Å². The van der Waals surface area contributed by atoms with E-state index in [0.29, 0.717) is 38.7 Å². The third-order valence-electron chi connectivity index (χ3n) is 5.32. The molecule has 2 aromatic carbocycles. The van der Waals surface area contributed by atoms with Crippen molar-refractivity contribution in [3.05, 3.63) is 60.2 Å². The Morgan fingerprint density at radius 1 is 0.931 bits per heavy atom. The maximum atomic E-state index is 13.0. The van der Waals surface area contributed by atoms with Gasteiger partial charge in [0.25, 0.3) is 0 Å². The van der Waals surface area contributed by atoms with Gasteiger partial charge < -0.3 is 19.7 Å². The molecular weight excluding hydrogens is 366 g/mol. The Labute approximate surface area is 169 Å². The molecule has 1 aromatic heterocycles.